The average molecular weight is 905 g/mol. The predicted octanol–water partition coefficient (Wildman–Crippen LogP) is 19.1. The topological polar surface area (TPSA) is 21.3 Å². The Hall–Kier alpha value is -9.44. The SMILES string of the molecule is c1cc(-c2ccc(N(c3ccc(-c4cccc(-n5c6ccccc6c6ccccc65)c4)cc3)c3ccccc3-c3cccc4c3oc3cc5ccccc5cc34)cc2)cc(-c2cccc3ccccc23)c1. The van der Waals surface area contributed by atoms with Crippen LogP contribution in [0, 0.1) is 0 Å². The Morgan fingerprint density at radius 1 is 0.296 bits per heavy atom. The van der Waals surface area contributed by atoms with E-state index in [0.717, 1.165) is 77.9 Å². The van der Waals surface area contributed by atoms with Gasteiger partial charge in [-0.2, -0.15) is 0 Å². The summed E-state index contributed by atoms with van der Waals surface area (Å²) in [6.07, 6.45) is 0. The number of anilines is 3. The molecule has 14 aromatic rings. The molecule has 0 radical (unpaired) electrons. The number of fused-ring (bicyclic) bond motifs is 8. The molecular weight excluding hydrogens is 861 g/mol. The molecule has 0 aliphatic heterocycles. The summed E-state index contributed by atoms with van der Waals surface area (Å²) < 4.78 is 9.23. The molecule has 12 aromatic carbocycles. The van der Waals surface area contributed by atoms with E-state index in [1.165, 1.54) is 54.7 Å². The third-order valence-corrected chi connectivity index (χ3v) is 14.4. The maximum atomic E-state index is 6.85. The van der Waals surface area contributed by atoms with Crippen molar-refractivity contribution in [1.82, 2.24) is 4.57 Å². The largest absolute Gasteiger partial charge is 0.455 e. The molecule has 0 saturated heterocycles. The lowest BCUT2D eigenvalue weighted by Gasteiger charge is -2.28. The highest BCUT2D eigenvalue weighted by Gasteiger charge is 2.21. The summed E-state index contributed by atoms with van der Waals surface area (Å²) in [4.78, 5) is 2.39. The quantitative estimate of drug-likeness (QED) is 0.151. The fourth-order valence-electron chi connectivity index (χ4n) is 11.0. The van der Waals surface area contributed by atoms with Crippen LogP contribution in [-0.4, -0.2) is 4.57 Å². The first kappa shape index (κ1) is 40.6. The predicted molar refractivity (Wildman–Crippen MR) is 299 cm³/mol. The van der Waals surface area contributed by atoms with Crippen molar-refractivity contribution < 1.29 is 4.42 Å². The Morgan fingerprint density at radius 3 is 1.54 bits per heavy atom. The minimum absolute atomic E-state index is 0.880. The van der Waals surface area contributed by atoms with Crippen LogP contribution in [0.4, 0.5) is 17.1 Å². The number of hydrogen-bond donors (Lipinski definition) is 0. The first-order valence-electron chi connectivity index (χ1n) is 24.3. The normalized spacial score (nSPS) is 11.7. The van der Waals surface area contributed by atoms with Gasteiger partial charge in [0.1, 0.15) is 11.2 Å². The van der Waals surface area contributed by atoms with Crippen LogP contribution in [-0.2, 0) is 0 Å². The molecule has 332 valence electrons. The molecule has 2 heterocycles. The van der Waals surface area contributed by atoms with E-state index in [1.807, 2.05) is 0 Å². The maximum Gasteiger partial charge on any atom is 0.143 e. The van der Waals surface area contributed by atoms with Gasteiger partial charge in [0.2, 0.25) is 0 Å². The number of nitrogens with zero attached hydrogens (tertiary/aromatic N) is 2. The second-order valence-electron chi connectivity index (χ2n) is 18.5. The van der Waals surface area contributed by atoms with E-state index in [-0.39, 0.29) is 0 Å². The van der Waals surface area contributed by atoms with Crippen molar-refractivity contribution in [2.75, 3.05) is 4.90 Å². The Morgan fingerprint density at radius 2 is 0.803 bits per heavy atom. The smallest absolute Gasteiger partial charge is 0.143 e. The van der Waals surface area contributed by atoms with Gasteiger partial charge < -0.3 is 13.9 Å². The molecule has 0 aliphatic carbocycles. The molecule has 14 rings (SSSR count). The molecule has 0 amide bonds. The lowest BCUT2D eigenvalue weighted by Crippen LogP contribution is -2.11. The molecule has 0 N–H and O–H groups in total. The molecule has 0 atom stereocenters. The third kappa shape index (κ3) is 6.89. The summed E-state index contributed by atoms with van der Waals surface area (Å²) in [6.45, 7) is 0. The van der Waals surface area contributed by atoms with Crippen LogP contribution in [0.25, 0.3) is 115 Å². The van der Waals surface area contributed by atoms with E-state index in [4.69, 9.17) is 4.42 Å². The van der Waals surface area contributed by atoms with Gasteiger partial charge in [-0.3, -0.25) is 0 Å². The van der Waals surface area contributed by atoms with Gasteiger partial charge in [0, 0.05) is 49.7 Å². The second-order valence-corrected chi connectivity index (χ2v) is 18.5. The van der Waals surface area contributed by atoms with E-state index in [1.54, 1.807) is 0 Å². The lowest BCUT2D eigenvalue weighted by molar-refractivity contribution is 0.670. The van der Waals surface area contributed by atoms with Gasteiger partial charge in [-0.1, -0.05) is 194 Å². The minimum atomic E-state index is 0.880. The number of rotatable bonds is 8. The Labute approximate surface area is 411 Å². The van der Waals surface area contributed by atoms with Crippen molar-refractivity contribution in [2.45, 2.75) is 0 Å². The van der Waals surface area contributed by atoms with Crippen molar-refractivity contribution in [3.05, 3.63) is 267 Å². The number of para-hydroxylation sites is 4. The average Bonchev–Trinajstić information content (AvgIpc) is 3.98. The standard InChI is InChI=1S/C68H44N2O/c1-2-17-51-44-67-63(43-50(51)16-1)62-29-14-28-61(68(62)71-67)60-26-7-8-30-64(60)69(53-37-33-45(34-38-53)48-19-11-21-52(41-48)57-27-13-18-47-15-3-4-23-56(47)57)54-39-35-46(36-40-54)49-20-12-22-55(42-49)70-65-31-9-5-24-58(65)59-25-6-10-32-66(59)70/h1-44H. The summed E-state index contributed by atoms with van der Waals surface area (Å²) in [5.74, 6) is 0. The fourth-order valence-corrected chi connectivity index (χ4v) is 11.0. The summed E-state index contributed by atoms with van der Waals surface area (Å²) in [6, 6.07) is 96.6. The Bertz CT molecular complexity index is 4290. The van der Waals surface area contributed by atoms with Gasteiger partial charge in [-0.15, -0.1) is 0 Å². The van der Waals surface area contributed by atoms with Crippen molar-refractivity contribution in [1.29, 1.82) is 0 Å². The van der Waals surface area contributed by atoms with Gasteiger partial charge in [-0.05, 0) is 128 Å². The third-order valence-electron chi connectivity index (χ3n) is 14.4. The van der Waals surface area contributed by atoms with E-state index >= 15 is 0 Å². The van der Waals surface area contributed by atoms with Gasteiger partial charge in [0.15, 0.2) is 0 Å². The molecule has 0 fully saturated rings. The maximum absolute atomic E-state index is 6.85. The zero-order valence-corrected chi connectivity index (χ0v) is 38.7. The van der Waals surface area contributed by atoms with Crippen LogP contribution in [0.5, 0.6) is 0 Å². The van der Waals surface area contributed by atoms with Gasteiger partial charge in [0.25, 0.3) is 0 Å². The van der Waals surface area contributed by atoms with Crippen LogP contribution in [0.2, 0.25) is 0 Å². The van der Waals surface area contributed by atoms with E-state index < -0.39 is 0 Å². The zero-order valence-electron chi connectivity index (χ0n) is 38.7. The molecule has 0 bridgehead atoms. The highest BCUT2D eigenvalue weighted by molar-refractivity contribution is 6.14. The van der Waals surface area contributed by atoms with Crippen LogP contribution in [0.1, 0.15) is 0 Å². The van der Waals surface area contributed by atoms with Crippen molar-refractivity contribution in [3.8, 4) is 50.2 Å². The number of benzene rings is 12. The molecule has 0 spiro atoms. The summed E-state index contributed by atoms with van der Waals surface area (Å²) in [5, 5.41) is 9.59. The van der Waals surface area contributed by atoms with Crippen LogP contribution < -0.4 is 4.90 Å². The summed E-state index contributed by atoms with van der Waals surface area (Å²) in [7, 11) is 0. The van der Waals surface area contributed by atoms with E-state index in [9.17, 15) is 0 Å². The molecule has 3 heteroatoms. The number of aromatic nitrogens is 1. The molecule has 2 aromatic heterocycles. The monoisotopic (exact) mass is 904 g/mol. The first-order valence-corrected chi connectivity index (χ1v) is 24.3. The first-order chi connectivity index (χ1) is 35.2. The molecule has 0 unspecified atom stereocenters. The van der Waals surface area contributed by atoms with Gasteiger partial charge in [0.05, 0.1) is 16.7 Å². The minimum Gasteiger partial charge on any atom is -0.455 e. The van der Waals surface area contributed by atoms with E-state index in [2.05, 4.69) is 276 Å². The lowest BCUT2D eigenvalue weighted by atomic mass is 9.95. The molecule has 0 saturated carbocycles. The highest BCUT2D eigenvalue weighted by Crippen LogP contribution is 2.46. The Balaban J connectivity index is 0.888. The molecule has 0 aliphatic rings. The molecular formula is C68H44N2O. The van der Waals surface area contributed by atoms with Gasteiger partial charge in [-0.25, -0.2) is 0 Å². The number of hydrogen-bond acceptors (Lipinski definition) is 2. The summed E-state index contributed by atoms with van der Waals surface area (Å²) >= 11 is 0. The second kappa shape index (κ2) is 16.7. The van der Waals surface area contributed by atoms with Crippen molar-refractivity contribution >= 4 is 82.4 Å². The van der Waals surface area contributed by atoms with E-state index in [0.29, 0.717) is 0 Å². The van der Waals surface area contributed by atoms with Crippen LogP contribution in [0.3, 0.4) is 0 Å². The van der Waals surface area contributed by atoms with Crippen LogP contribution in [0.15, 0.2) is 271 Å². The molecule has 71 heavy (non-hydrogen) atoms. The molecule has 3 nitrogen and oxygen atoms in total. The Kier molecular flexibility index (Phi) is 9.53. The van der Waals surface area contributed by atoms with Crippen molar-refractivity contribution in [2.24, 2.45) is 0 Å². The summed E-state index contributed by atoms with van der Waals surface area (Å²) in [5.41, 5.74) is 17.6. The fraction of sp³-hybridized carbons (Fsp3) is 0. The van der Waals surface area contributed by atoms with Crippen LogP contribution >= 0.6 is 0 Å². The zero-order chi connectivity index (χ0) is 46.8. The highest BCUT2D eigenvalue weighted by atomic mass is 16.3. The van der Waals surface area contributed by atoms with Crippen molar-refractivity contribution in [3.63, 3.8) is 0 Å². The number of furan rings is 1. The van der Waals surface area contributed by atoms with Gasteiger partial charge >= 0.3 is 0 Å².